The number of aryl methyl sites for hydroxylation is 1. The fourth-order valence-electron chi connectivity index (χ4n) is 3.56. The van der Waals surface area contributed by atoms with Gasteiger partial charge in [0, 0.05) is 50.9 Å². The topological polar surface area (TPSA) is 79.5 Å². The fraction of sp³-hybridized carbons (Fsp3) is 0.304. The molecule has 0 atom stereocenters. The Hall–Kier alpha value is -3.55. The number of nitrogens with zero attached hydrogens (tertiary/aromatic N) is 4. The van der Waals surface area contributed by atoms with E-state index in [0.29, 0.717) is 49.8 Å². The van der Waals surface area contributed by atoms with Crippen molar-refractivity contribution in [2.75, 3.05) is 26.2 Å². The van der Waals surface area contributed by atoms with E-state index in [2.05, 4.69) is 9.97 Å². The third kappa shape index (κ3) is 5.14. The number of piperazine rings is 1. The van der Waals surface area contributed by atoms with Crippen molar-refractivity contribution in [3.63, 3.8) is 0 Å². The minimum absolute atomic E-state index is 0.0116. The Morgan fingerprint density at radius 2 is 1.65 bits per heavy atom. The predicted octanol–water partition coefficient (Wildman–Crippen LogP) is 2.72. The summed E-state index contributed by atoms with van der Waals surface area (Å²) in [6, 6.07) is 11.8. The van der Waals surface area contributed by atoms with Crippen LogP contribution in [0, 0.1) is 5.82 Å². The van der Waals surface area contributed by atoms with E-state index >= 15 is 0 Å². The number of carbonyl (C=O) groups excluding carboxylic acids is 2. The summed E-state index contributed by atoms with van der Waals surface area (Å²) in [4.78, 5) is 36.9. The molecule has 3 aromatic rings. The highest BCUT2D eigenvalue weighted by molar-refractivity contribution is 5.79. The molecular weight excluding hydrogens is 399 g/mol. The summed E-state index contributed by atoms with van der Waals surface area (Å²) in [7, 11) is 0. The Morgan fingerprint density at radius 1 is 0.935 bits per heavy atom. The smallest absolute Gasteiger partial charge is 0.228 e. The van der Waals surface area contributed by atoms with Gasteiger partial charge >= 0.3 is 0 Å². The van der Waals surface area contributed by atoms with Gasteiger partial charge < -0.3 is 14.2 Å². The second kappa shape index (κ2) is 9.51. The van der Waals surface area contributed by atoms with Crippen molar-refractivity contribution >= 4 is 11.8 Å². The van der Waals surface area contributed by atoms with E-state index < -0.39 is 0 Å². The monoisotopic (exact) mass is 422 g/mol. The Balaban J connectivity index is 1.24. The van der Waals surface area contributed by atoms with Gasteiger partial charge in [-0.05, 0) is 24.3 Å². The molecule has 1 aliphatic heterocycles. The van der Waals surface area contributed by atoms with Crippen LogP contribution in [-0.2, 0) is 22.4 Å². The molecule has 160 valence electrons. The molecule has 4 rings (SSSR count). The molecule has 0 spiro atoms. The van der Waals surface area contributed by atoms with Gasteiger partial charge in [-0.25, -0.2) is 9.37 Å². The first kappa shape index (κ1) is 20.7. The summed E-state index contributed by atoms with van der Waals surface area (Å²) in [5, 5.41) is 0. The molecule has 8 heteroatoms. The largest absolute Gasteiger partial charge is 0.441 e. The molecule has 3 heterocycles. The number of amides is 2. The number of pyridine rings is 1. The van der Waals surface area contributed by atoms with Crippen LogP contribution in [-0.4, -0.2) is 57.8 Å². The van der Waals surface area contributed by atoms with E-state index in [4.69, 9.17) is 4.42 Å². The van der Waals surface area contributed by atoms with Crippen molar-refractivity contribution in [3.05, 3.63) is 72.3 Å². The number of oxazole rings is 1. The fourth-order valence-corrected chi connectivity index (χ4v) is 3.56. The zero-order chi connectivity index (χ0) is 21.6. The summed E-state index contributed by atoms with van der Waals surface area (Å²) in [6.07, 6.45) is 4.01. The van der Waals surface area contributed by atoms with Crippen LogP contribution >= 0.6 is 0 Å². The molecule has 1 aromatic carbocycles. The Bertz CT molecular complexity index is 1050. The molecule has 0 radical (unpaired) electrons. The van der Waals surface area contributed by atoms with E-state index in [-0.39, 0.29) is 30.5 Å². The van der Waals surface area contributed by atoms with Gasteiger partial charge in [0.2, 0.25) is 11.8 Å². The third-order valence-electron chi connectivity index (χ3n) is 5.29. The van der Waals surface area contributed by atoms with Crippen LogP contribution in [0.4, 0.5) is 4.39 Å². The minimum Gasteiger partial charge on any atom is -0.441 e. The Kier molecular flexibility index (Phi) is 6.35. The van der Waals surface area contributed by atoms with Gasteiger partial charge in [0.15, 0.2) is 11.7 Å². The SMILES string of the molecule is O=C(CCc1ncc(-c2ccccc2F)o1)N1CCN(C(=O)Cc2ccccn2)CC1. The maximum Gasteiger partial charge on any atom is 0.228 e. The molecule has 0 unspecified atom stereocenters. The van der Waals surface area contributed by atoms with Gasteiger partial charge in [0.1, 0.15) is 5.82 Å². The maximum absolute atomic E-state index is 13.9. The quantitative estimate of drug-likeness (QED) is 0.610. The Morgan fingerprint density at radius 3 is 2.35 bits per heavy atom. The summed E-state index contributed by atoms with van der Waals surface area (Å²) in [5.74, 6) is 0.377. The molecule has 2 aromatic heterocycles. The first-order chi connectivity index (χ1) is 15.1. The predicted molar refractivity (Wildman–Crippen MR) is 111 cm³/mol. The number of rotatable bonds is 6. The zero-order valence-electron chi connectivity index (χ0n) is 17.0. The van der Waals surface area contributed by atoms with Crippen molar-refractivity contribution < 1.29 is 18.4 Å². The molecule has 31 heavy (non-hydrogen) atoms. The van der Waals surface area contributed by atoms with E-state index in [1.807, 2.05) is 18.2 Å². The van der Waals surface area contributed by atoms with Crippen molar-refractivity contribution in [1.29, 1.82) is 0 Å². The van der Waals surface area contributed by atoms with Gasteiger partial charge in [0.25, 0.3) is 0 Å². The van der Waals surface area contributed by atoms with Crippen molar-refractivity contribution in [2.24, 2.45) is 0 Å². The van der Waals surface area contributed by atoms with Gasteiger partial charge in [-0.1, -0.05) is 18.2 Å². The molecule has 1 fully saturated rings. The van der Waals surface area contributed by atoms with Crippen LogP contribution < -0.4 is 0 Å². The molecule has 2 amide bonds. The average Bonchev–Trinajstić information content (AvgIpc) is 3.27. The molecule has 0 aliphatic carbocycles. The molecular formula is C23H23FN4O3. The maximum atomic E-state index is 13.9. The molecule has 7 nitrogen and oxygen atoms in total. The normalized spacial score (nSPS) is 14.0. The molecule has 0 saturated carbocycles. The highest BCUT2D eigenvalue weighted by Crippen LogP contribution is 2.23. The molecule has 1 saturated heterocycles. The lowest BCUT2D eigenvalue weighted by molar-refractivity contribution is -0.139. The summed E-state index contributed by atoms with van der Waals surface area (Å²) < 4.78 is 19.5. The standard InChI is InChI=1S/C23H23FN4O3/c24-19-7-2-1-6-18(19)20-16-26-21(31-20)8-9-22(29)27-11-13-28(14-12-27)23(30)15-17-5-3-4-10-25-17/h1-7,10,16H,8-9,11-15H2. The highest BCUT2D eigenvalue weighted by atomic mass is 19.1. The second-order valence-electron chi connectivity index (χ2n) is 7.36. The average molecular weight is 422 g/mol. The number of benzene rings is 1. The van der Waals surface area contributed by atoms with Crippen LogP contribution in [0.1, 0.15) is 18.0 Å². The van der Waals surface area contributed by atoms with Crippen LogP contribution in [0.25, 0.3) is 11.3 Å². The Labute approximate surface area is 179 Å². The number of halogens is 1. The van der Waals surface area contributed by atoms with E-state index in [1.54, 1.807) is 34.2 Å². The second-order valence-corrected chi connectivity index (χ2v) is 7.36. The summed E-state index contributed by atoms with van der Waals surface area (Å²) in [6.45, 7) is 2.01. The molecule has 1 aliphatic rings. The lowest BCUT2D eigenvalue weighted by Gasteiger charge is -2.34. The van der Waals surface area contributed by atoms with Gasteiger partial charge in [-0.15, -0.1) is 0 Å². The lowest BCUT2D eigenvalue weighted by Crippen LogP contribution is -2.51. The summed E-state index contributed by atoms with van der Waals surface area (Å²) >= 11 is 0. The number of aromatic nitrogens is 2. The summed E-state index contributed by atoms with van der Waals surface area (Å²) in [5.41, 5.74) is 1.09. The van der Waals surface area contributed by atoms with Crippen molar-refractivity contribution in [3.8, 4) is 11.3 Å². The van der Waals surface area contributed by atoms with Crippen molar-refractivity contribution in [1.82, 2.24) is 19.8 Å². The van der Waals surface area contributed by atoms with Crippen LogP contribution in [0.2, 0.25) is 0 Å². The van der Waals surface area contributed by atoms with Crippen LogP contribution in [0.15, 0.2) is 59.3 Å². The highest BCUT2D eigenvalue weighted by Gasteiger charge is 2.24. The van der Waals surface area contributed by atoms with Gasteiger partial charge in [-0.2, -0.15) is 0 Å². The van der Waals surface area contributed by atoms with Crippen LogP contribution in [0.3, 0.4) is 0 Å². The first-order valence-electron chi connectivity index (χ1n) is 10.3. The van der Waals surface area contributed by atoms with E-state index in [0.717, 1.165) is 5.69 Å². The first-order valence-corrected chi connectivity index (χ1v) is 10.3. The zero-order valence-corrected chi connectivity index (χ0v) is 17.0. The minimum atomic E-state index is -0.378. The third-order valence-corrected chi connectivity index (χ3v) is 5.29. The number of hydrogen-bond donors (Lipinski definition) is 0. The van der Waals surface area contributed by atoms with Crippen molar-refractivity contribution in [2.45, 2.75) is 19.3 Å². The molecule has 0 bridgehead atoms. The van der Waals surface area contributed by atoms with Gasteiger partial charge in [-0.3, -0.25) is 14.6 Å². The van der Waals surface area contributed by atoms with Gasteiger partial charge in [0.05, 0.1) is 18.2 Å². The lowest BCUT2D eigenvalue weighted by atomic mass is 10.2. The van der Waals surface area contributed by atoms with Crippen LogP contribution in [0.5, 0.6) is 0 Å². The number of hydrogen-bond acceptors (Lipinski definition) is 5. The van der Waals surface area contributed by atoms with E-state index in [1.165, 1.54) is 12.3 Å². The van der Waals surface area contributed by atoms with E-state index in [9.17, 15) is 14.0 Å². The number of carbonyl (C=O) groups is 2. The molecule has 0 N–H and O–H groups in total.